The maximum Gasteiger partial charge on any atom is 0.310 e. The van der Waals surface area contributed by atoms with Gasteiger partial charge >= 0.3 is 5.97 Å². The summed E-state index contributed by atoms with van der Waals surface area (Å²) in [4.78, 5) is 31.4. The van der Waals surface area contributed by atoms with E-state index >= 15 is 0 Å². The lowest BCUT2D eigenvalue weighted by atomic mass is 10.2. The highest BCUT2D eigenvalue weighted by molar-refractivity contribution is 5.70. The van der Waals surface area contributed by atoms with Gasteiger partial charge in [0.25, 0.3) is 12.9 Å². The predicted molar refractivity (Wildman–Crippen MR) is 53.4 cm³/mol. The van der Waals surface area contributed by atoms with Crippen molar-refractivity contribution >= 4 is 18.9 Å². The van der Waals surface area contributed by atoms with Crippen LogP contribution < -0.4 is 0 Å². The van der Waals surface area contributed by atoms with Gasteiger partial charge in [-0.3, -0.25) is 14.4 Å². The number of ether oxygens (including phenoxy) is 3. The minimum absolute atomic E-state index is 0.149. The molecular weight excluding hydrogens is 216 g/mol. The molecule has 0 aliphatic rings. The molecule has 0 saturated heterocycles. The monoisotopic (exact) mass is 232 g/mol. The largest absolute Gasteiger partial charge is 0.464 e. The Bertz CT molecular complexity index is 242. The molecule has 0 aromatic carbocycles. The van der Waals surface area contributed by atoms with Crippen molar-refractivity contribution in [3.05, 3.63) is 0 Å². The zero-order valence-electron chi connectivity index (χ0n) is 9.60. The molecule has 0 aliphatic carbocycles. The molecule has 0 amide bonds. The van der Waals surface area contributed by atoms with E-state index in [4.69, 9.17) is 4.74 Å². The van der Waals surface area contributed by atoms with Gasteiger partial charge in [0.1, 0.15) is 18.3 Å². The van der Waals surface area contributed by atoms with Crippen LogP contribution >= 0.6 is 0 Å². The minimum atomic E-state index is -0.808. The van der Waals surface area contributed by atoms with Crippen LogP contribution in [0, 0.1) is 0 Å². The molecule has 0 aromatic rings. The molecular formula is C10H16O6. The predicted octanol–water partition coefficient (Wildman–Crippen LogP) is 0.433. The van der Waals surface area contributed by atoms with Crippen LogP contribution in [0.2, 0.25) is 0 Å². The van der Waals surface area contributed by atoms with Gasteiger partial charge in [-0.15, -0.1) is 0 Å². The van der Waals surface area contributed by atoms with Crippen LogP contribution in [0.15, 0.2) is 0 Å². The fourth-order valence-corrected chi connectivity index (χ4v) is 0.941. The van der Waals surface area contributed by atoms with Crippen LogP contribution in [0.4, 0.5) is 0 Å². The van der Waals surface area contributed by atoms with Gasteiger partial charge in [-0.05, 0) is 20.8 Å². The van der Waals surface area contributed by atoms with Gasteiger partial charge in [0.05, 0.1) is 6.42 Å². The smallest absolute Gasteiger partial charge is 0.310 e. The Morgan fingerprint density at radius 3 is 2.31 bits per heavy atom. The molecule has 0 rings (SSSR count). The molecule has 1 atom stereocenters. The van der Waals surface area contributed by atoms with Crippen LogP contribution in [0.3, 0.4) is 0 Å². The van der Waals surface area contributed by atoms with Crippen LogP contribution in [0.5, 0.6) is 0 Å². The molecule has 0 radical (unpaired) electrons. The van der Waals surface area contributed by atoms with E-state index in [2.05, 4.69) is 9.47 Å². The average molecular weight is 232 g/mol. The topological polar surface area (TPSA) is 78.9 Å². The van der Waals surface area contributed by atoms with Crippen molar-refractivity contribution in [2.75, 3.05) is 6.61 Å². The summed E-state index contributed by atoms with van der Waals surface area (Å²) in [6.45, 7) is 5.42. The molecule has 0 fully saturated rings. The average Bonchev–Trinajstić information content (AvgIpc) is 2.11. The second kappa shape index (κ2) is 6.81. The molecule has 0 bridgehead atoms. The quantitative estimate of drug-likeness (QED) is 0.360. The summed E-state index contributed by atoms with van der Waals surface area (Å²) in [5.41, 5.74) is -0.603. The maximum absolute atomic E-state index is 11.3. The Morgan fingerprint density at radius 2 is 1.88 bits per heavy atom. The first kappa shape index (κ1) is 14.4. The van der Waals surface area contributed by atoms with Gasteiger partial charge in [-0.2, -0.15) is 0 Å². The van der Waals surface area contributed by atoms with Gasteiger partial charge in [-0.25, -0.2) is 0 Å². The van der Waals surface area contributed by atoms with Crippen molar-refractivity contribution in [3.8, 4) is 0 Å². The molecule has 0 aromatic heterocycles. The minimum Gasteiger partial charge on any atom is -0.464 e. The molecule has 0 spiro atoms. The number of carbonyl (C=O) groups excluding carboxylic acids is 3. The normalized spacial score (nSPS) is 12.4. The van der Waals surface area contributed by atoms with Gasteiger partial charge < -0.3 is 14.2 Å². The third-order valence-electron chi connectivity index (χ3n) is 1.41. The molecule has 1 unspecified atom stereocenters. The van der Waals surface area contributed by atoms with E-state index in [0.717, 1.165) is 0 Å². The van der Waals surface area contributed by atoms with Crippen LogP contribution in [0.25, 0.3) is 0 Å². The Morgan fingerprint density at radius 1 is 1.25 bits per heavy atom. The summed E-state index contributed by atoms with van der Waals surface area (Å²) in [6.07, 6.45) is -0.957. The fraction of sp³-hybridized carbons (Fsp3) is 0.700. The summed E-state index contributed by atoms with van der Waals surface area (Å²) >= 11 is 0. The van der Waals surface area contributed by atoms with Crippen molar-refractivity contribution in [2.45, 2.75) is 38.9 Å². The lowest BCUT2D eigenvalue weighted by Crippen LogP contribution is -2.29. The van der Waals surface area contributed by atoms with Crippen molar-refractivity contribution in [2.24, 2.45) is 0 Å². The highest BCUT2D eigenvalue weighted by Crippen LogP contribution is 2.10. The summed E-state index contributed by atoms with van der Waals surface area (Å²) in [5, 5.41) is 0. The van der Waals surface area contributed by atoms with Crippen LogP contribution in [-0.2, 0) is 28.6 Å². The highest BCUT2D eigenvalue weighted by atomic mass is 16.6. The number of esters is 1. The third kappa shape index (κ3) is 7.78. The second-order valence-electron chi connectivity index (χ2n) is 4.07. The van der Waals surface area contributed by atoms with Crippen molar-refractivity contribution in [1.82, 2.24) is 0 Å². The van der Waals surface area contributed by atoms with E-state index in [1.54, 1.807) is 20.8 Å². The highest BCUT2D eigenvalue weighted by Gasteiger charge is 2.21. The van der Waals surface area contributed by atoms with E-state index in [0.29, 0.717) is 0 Å². The van der Waals surface area contributed by atoms with E-state index < -0.39 is 17.7 Å². The summed E-state index contributed by atoms with van der Waals surface area (Å²) in [5.74, 6) is -0.520. The summed E-state index contributed by atoms with van der Waals surface area (Å²) < 4.78 is 14.0. The Kier molecular flexibility index (Phi) is 6.14. The summed E-state index contributed by atoms with van der Waals surface area (Å²) in [7, 11) is 0. The fourth-order valence-electron chi connectivity index (χ4n) is 0.941. The van der Waals surface area contributed by atoms with Crippen LogP contribution in [-0.4, -0.2) is 37.2 Å². The van der Waals surface area contributed by atoms with Gasteiger partial charge in [-0.1, -0.05) is 0 Å². The van der Waals surface area contributed by atoms with Gasteiger partial charge in [0.15, 0.2) is 0 Å². The lowest BCUT2D eigenvalue weighted by molar-refractivity contribution is -0.161. The lowest BCUT2D eigenvalue weighted by Gasteiger charge is -2.21. The molecule has 6 nitrogen and oxygen atoms in total. The second-order valence-corrected chi connectivity index (χ2v) is 4.07. The first-order valence-electron chi connectivity index (χ1n) is 4.75. The van der Waals surface area contributed by atoms with Crippen molar-refractivity contribution in [3.63, 3.8) is 0 Å². The molecule has 0 heterocycles. The number of hydrogen-bond donors (Lipinski definition) is 0. The van der Waals surface area contributed by atoms with E-state index in [-0.39, 0.29) is 26.0 Å². The zero-order valence-corrected chi connectivity index (χ0v) is 9.60. The molecule has 0 N–H and O–H groups in total. The van der Waals surface area contributed by atoms with Crippen molar-refractivity contribution in [1.29, 1.82) is 0 Å². The first-order valence-corrected chi connectivity index (χ1v) is 4.75. The molecule has 0 aliphatic heterocycles. The van der Waals surface area contributed by atoms with Gasteiger partial charge in [0, 0.05) is 0 Å². The molecule has 6 heteroatoms. The molecule has 92 valence electrons. The molecule has 0 saturated carbocycles. The first-order chi connectivity index (χ1) is 7.39. The number of carbonyl (C=O) groups is 3. The standard InChI is InChI=1S/C10H16O6/c1-10(2,3)16-9(13)4-8(15-7-12)5-14-6-11/h6-8H,4-5H2,1-3H3. The Hall–Kier alpha value is -1.59. The Balaban J connectivity index is 4.11. The third-order valence-corrected chi connectivity index (χ3v) is 1.41. The maximum atomic E-state index is 11.3. The Labute approximate surface area is 93.8 Å². The SMILES string of the molecule is CC(C)(C)OC(=O)CC(COC=O)OC=O. The molecule has 16 heavy (non-hydrogen) atoms. The van der Waals surface area contributed by atoms with E-state index in [1.807, 2.05) is 0 Å². The van der Waals surface area contributed by atoms with Crippen LogP contribution in [0.1, 0.15) is 27.2 Å². The number of hydrogen-bond acceptors (Lipinski definition) is 6. The van der Waals surface area contributed by atoms with E-state index in [9.17, 15) is 14.4 Å². The summed E-state index contributed by atoms with van der Waals surface area (Å²) in [6, 6.07) is 0. The van der Waals surface area contributed by atoms with Crippen molar-refractivity contribution < 1.29 is 28.6 Å². The van der Waals surface area contributed by atoms with E-state index in [1.165, 1.54) is 0 Å². The number of rotatable bonds is 7. The zero-order chi connectivity index (χ0) is 12.6. The van der Waals surface area contributed by atoms with Gasteiger partial charge in [0.2, 0.25) is 0 Å².